The number of hydrogen-bond acceptors (Lipinski definition) is 12. The first-order chi connectivity index (χ1) is 30.8. The highest BCUT2D eigenvalue weighted by Gasteiger charge is 2.32. The highest BCUT2D eigenvalue weighted by molar-refractivity contribution is 7.89. The number of carbonyl (C=O) groups excluding carboxylic acids is 2. The fraction of sp³-hybridized carbons (Fsp3) is 0.362. The largest absolute Gasteiger partial charge is 0.593 e. The smallest absolute Gasteiger partial charge is 0.323 e. The molecule has 1 atom stereocenters. The van der Waals surface area contributed by atoms with E-state index in [1.54, 1.807) is 48.5 Å². The highest BCUT2D eigenvalue weighted by Crippen LogP contribution is 2.39. The number of aromatic nitrogens is 1. The van der Waals surface area contributed by atoms with Gasteiger partial charge in [-0.05, 0) is 77.8 Å². The Bertz CT molecular complexity index is 2520. The number of anilines is 2. The van der Waals surface area contributed by atoms with Gasteiger partial charge in [0, 0.05) is 48.0 Å². The van der Waals surface area contributed by atoms with Crippen molar-refractivity contribution in [2.45, 2.75) is 49.8 Å². The molecule has 16 nitrogen and oxygen atoms in total. The number of phenols is 1. The van der Waals surface area contributed by atoms with Crippen molar-refractivity contribution < 1.29 is 48.1 Å². The van der Waals surface area contributed by atoms with Gasteiger partial charge in [-0.3, -0.25) is 19.2 Å². The zero-order valence-electron chi connectivity index (χ0n) is 36.0. The van der Waals surface area contributed by atoms with Gasteiger partial charge >= 0.3 is 5.97 Å². The van der Waals surface area contributed by atoms with E-state index >= 15 is 0 Å². The summed E-state index contributed by atoms with van der Waals surface area (Å²) < 4.78 is 38.4. The number of nitrogens with one attached hydrogen (secondary N) is 3. The first kappa shape index (κ1) is 45.9. The number of amides is 2. The average Bonchev–Trinajstić information content (AvgIpc) is 3.28. The van der Waals surface area contributed by atoms with Gasteiger partial charge in [0.15, 0.2) is 16.4 Å². The predicted octanol–water partition coefficient (Wildman–Crippen LogP) is 6.09. The summed E-state index contributed by atoms with van der Waals surface area (Å²) in [4.78, 5) is 54.8. The molecular formula is C47H53N5O11S. The molecule has 2 amide bonds. The summed E-state index contributed by atoms with van der Waals surface area (Å²) in [5.41, 5.74) is 2.95. The Balaban J connectivity index is 0.777. The van der Waals surface area contributed by atoms with E-state index in [-0.39, 0.29) is 48.3 Å². The maximum atomic E-state index is 13.4. The number of rotatable bonds is 18. The lowest BCUT2D eigenvalue weighted by atomic mass is 9.85. The molecule has 5 aromatic rings. The molecule has 7 rings (SSSR count). The molecule has 3 heterocycles. The van der Waals surface area contributed by atoms with Crippen molar-refractivity contribution in [2.24, 2.45) is 0 Å². The Morgan fingerprint density at radius 2 is 1.58 bits per heavy atom. The zero-order valence-corrected chi connectivity index (χ0v) is 36.8. The highest BCUT2D eigenvalue weighted by atomic mass is 32.2. The minimum absolute atomic E-state index is 0.0400. The van der Waals surface area contributed by atoms with E-state index in [0.29, 0.717) is 83.7 Å². The van der Waals surface area contributed by atoms with Crippen LogP contribution in [0.3, 0.4) is 0 Å². The first-order valence-corrected chi connectivity index (χ1v) is 22.2. The fourth-order valence-corrected chi connectivity index (χ4v) is 8.95. The van der Waals surface area contributed by atoms with Crippen LogP contribution in [0, 0.1) is 0 Å². The quantitative estimate of drug-likeness (QED) is 0.0498. The number of hydrogen-bond donors (Lipinski definition) is 5. The topological polar surface area (TPSA) is 215 Å². The second-order valence-electron chi connectivity index (χ2n) is 16.5. The molecule has 0 bridgehead atoms. The summed E-state index contributed by atoms with van der Waals surface area (Å²) in [5.74, 6) is -0.913. The summed E-state index contributed by atoms with van der Waals surface area (Å²) in [6.07, 6.45) is 3.07. The monoisotopic (exact) mass is 895 g/mol. The Labute approximate surface area is 373 Å². The fourth-order valence-electron chi connectivity index (χ4n) is 7.70. The summed E-state index contributed by atoms with van der Waals surface area (Å²) in [6.45, 7) is 8.75. The molecule has 0 saturated carbocycles. The number of carbonyl (C=O) groups is 3. The van der Waals surface area contributed by atoms with Gasteiger partial charge in [-0.15, -0.1) is 4.31 Å². The summed E-state index contributed by atoms with van der Waals surface area (Å²) in [6, 6.07) is 23.1. The molecule has 1 fully saturated rings. The van der Waals surface area contributed by atoms with Gasteiger partial charge in [0.1, 0.15) is 31.1 Å². The molecule has 2 aliphatic heterocycles. The maximum Gasteiger partial charge on any atom is 0.323 e. The average molecular weight is 896 g/mol. The van der Waals surface area contributed by atoms with Crippen molar-refractivity contribution in [2.75, 3.05) is 76.6 Å². The van der Waals surface area contributed by atoms with Crippen molar-refractivity contribution in [1.82, 2.24) is 14.2 Å². The normalized spacial score (nSPS) is 15.1. The number of H-pyrrole nitrogens is 1. The number of aromatic hydroxyl groups is 1. The van der Waals surface area contributed by atoms with E-state index < -0.39 is 35.2 Å². The van der Waals surface area contributed by atoms with Crippen molar-refractivity contribution >= 4 is 51.4 Å². The SMILES string of the molecule is CC(C)(C)c1cc(OCCOCCOCCOc2ccc(C3CCN([S+]([O-])c4ccc5c(c4)NCN(CC(=O)O)C5=O)CC3)cc2)c(O)cc1NC(=O)c1c[nH]c2ccccc2c1=O. The van der Waals surface area contributed by atoms with Crippen LogP contribution < -0.4 is 25.5 Å². The van der Waals surface area contributed by atoms with Crippen LogP contribution in [-0.2, 0) is 31.0 Å². The Morgan fingerprint density at radius 1 is 0.891 bits per heavy atom. The molecule has 17 heteroatoms. The number of nitrogens with zero attached hydrogens (tertiary/aromatic N) is 2. The maximum absolute atomic E-state index is 13.4. The van der Waals surface area contributed by atoms with E-state index in [1.165, 1.54) is 22.7 Å². The minimum atomic E-state index is -1.40. The van der Waals surface area contributed by atoms with E-state index in [2.05, 4.69) is 27.8 Å². The van der Waals surface area contributed by atoms with E-state index in [9.17, 15) is 28.8 Å². The Kier molecular flexibility index (Phi) is 14.8. The zero-order chi connectivity index (χ0) is 45.4. The van der Waals surface area contributed by atoms with Gasteiger partial charge < -0.3 is 54.2 Å². The lowest BCUT2D eigenvalue weighted by Crippen LogP contribution is -2.43. The molecule has 5 N–H and O–H groups in total. The standard InChI is InChI=1S/C47H53N5O11S/c1-47(2,3)37-25-42(41(53)26-40(37)50-45(57)36-27-48-38-7-5-4-6-34(38)44(36)56)63-23-21-61-19-18-60-20-22-62-32-10-8-30(9-11-32)31-14-16-52(17-15-31)64(59)33-12-13-35-39(24-33)49-29-51(46(35)58)28-43(54)55/h4-13,24-27,31,49,53H,14-23,28-29H2,1-3H3,(H,48,56)(H,50,57)(H,54,55). The van der Waals surface area contributed by atoms with E-state index in [0.717, 1.165) is 18.6 Å². The number of carboxylic acids is 1. The number of ether oxygens (including phenoxy) is 4. The number of benzene rings is 4. The number of carboxylic acid groups (broad SMARTS) is 1. The molecule has 0 radical (unpaired) electrons. The minimum Gasteiger partial charge on any atom is -0.593 e. The lowest BCUT2D eigenvalue weighted by molar-refractivity contribution is -0.137. The van der Waals surface area contributed by atoms with Crippen molar-refractivity contribution in [1.29, 1.82) is 0 Å². The van der Waals surface area contributed by atoms with Crippen LogP contribution in [0.4, 0.5) is 11.4 Å². The van der Waals surface area contributed by atoms with Crippen LogP contribution in [0.2, 0.25) is 0 Å². The third-order valence-corrected chi connectivity index (χ3v) is 12.6. The summed E-state index contributed by atoms with van der Waals surface area (Å²) in [5, 5.41) is 26.2. The van der Waals surface area contributed by atoms with E-state index in [4.69, 9.17) is 24.1 Å². The van der Waals surface area contributed by atoms with Gasteiger partial charge in [0.05, 0.1) is 55.7 Å². The number of para-hydroxylation sites is 1. The molecule has 1 saturated heterocycles. The van der Waals surface area contributed by atoms with Crippen LogP contribution in [0.15, 0.2) is 94.7 Å². The molecule has 0 spiro atoms. The Morgan fingerprint density at radius 3 is 2.28 bits per heavy atom. The number of aromatic amines is 1. The molecule has 1 aromatic heterocycles. The number of fused-ring (bicyclic) bond motifs is 2. The van der Waals surface area contributed by atoms with Gasteiger partial charge in [-0.2, -0.15) is 0 Å². The first-order valence-electron chi connectivity index (χ1n) is 21.1. The molecular weight excluding hydrogens is 843 g/mol. The van der Waals surface area contributed by atoms with Crippen molar-refractivity contribution in [3.8, 4) is 17.2 Å². The van der Waals surface area contributed by atoms with Crippen LogP contribution >= 0.6 is 0 Å². The van der Waals surface area contributed by atoms with Crippen LogP contribution in [0.5, 0.6) is 17.2 Å². The van der Waals surface area contributed by atoms with Crippen LogP contribution in [-0.4, -0.2) is 113 Å². The predicted molar refractivity (Wildman–Crippen MR) is 242 cm³/mol. The van der Waals surface area contributed by atoms with E-state index in [1.807, 2.05) is 37.2 Å². The van der Waals surface area contributed by atoms with Crippen LogP contribution in [0.25, 0.3) is 10.9 Å². The molecule has 1 unspecified atom stereocenters. The summed E-state index contributed by atoms with van der Waals surface area (Å²) in [7, 11) is 0. The van der Waals surface area contributed by atoms with Gasteiger partial charge in [-0.25, -0.2) is 0 Å². The molecule has 4 aromatic carbocycles. The summed E-state index contributed by atoms with van der Waals surface area (Å²) >= 11 is -1.40. The second-order valence-corrected chi connectivity index (χ2v) is 18.0. The third kappa shape index (κ3) is 11.2. The second kappa shape index (κ2) is 20.6. The third-order valence-electron chi connectivity index (χ3n) is 11.1. The number of piperidine rings is 1. The number of phenolic OH excluding ortho intramolecular Hbond substituents is 1. The van der Waals surface area contributed by atoms with Gasteiger partial charge in [0.2, 0.25) is 5.43 Å². The molecule has 338 valence electrons. The van der Waals surface area contributed by atoms with Gasteiger partial charge in [0.25, 0.3) is 11.8 Å². The van der Waals surface area contributed by atoms with Gasteiger partial charge in [-0.1, -0.05) is 45.0 Å². The Hall–Kier alpha value is -6.11. The molecule has 2 aliphatic rings. The van der Waals surface area contributed by atoms with Crippen molar-refractivity contribution in [3.05, 3.63) is 118 Å². The number of pyridine rings is 1. The van der Waals surface area contributed by atoms with Crippen LogP contribution in [0.1, 0.15) is 71.4 Å². The van der Waals surface area contributed by atoms with Crippen molar-refractivity contribution in [3.63, 3.8) is 0 Å². The lowest BCUT2D eigenvalue weighted by Gasteiger charge is -2.32. The number of aliphatic carboxylic acids is 1. The molecule has 0 aliphatic carbocycles. The molecule has 64 heavy (non-hydrogen) atoms.